The molecule has 0 N–H and O–H groups in total. The summed E-state index contributed by atoms with van der Waals surface area (Å²) in [6.45, 7) is 6.92. The summed E-state index contributed by atoms with van der Waals surface area (Å²) in [6, 6.07) is 4.85. The van der Waals surface area contributed by atoms with Gasteiger partial charge in [-0.3, -0.25) is 9.69 Å². The molecule has 5 nitrogen and oxygen atoms in total. The van der Waals surface area contributed by atoms with Crippen LogP contribution in [0.15, 0.2) is 27.4 Å². The van der Waals surface area contributed by atoms with Crippen LogP contribution >= 0.6 is 12.4 Å². The van der Waals surface area contributed by atoms with E-state index in [1.54, 1.807) is 12.1 Å². The molecule has 2 aromatic rings. The van der Waals surface area contributed by atoms with E-state index >= 15 is 0 Å². The van der Waals surface area contributed by atoms with Crippen molar-refractivity contribution in [3.63, 3.8) is 0 Å². The number of carbonyl (C=O) groups is 1. The number of fused-ring (bicyclic) bond motifs is 1. The second-order valence-electron chi connectivity index (χ2n) is 6.40. The maximum absolute atomic E-state index is 12.0. The molecule has 1 fully saturated rings. The van der Waals surface area contributed by atoms with Crippen LogP contribution in [0.5, 0.6) is 5.75 Å². The summed E-state index contributed by atoms with van der Waals surface area (Å²) in [5.74, 6) is 0.427. The highest BCUT2D eigenvalue weighted by molar-refractivity contribution is 6.01. The number of benzene rings is 1. The summed E-state index contributed by atoms with van der Waals surface area (Å²) in [7, 11) is 0. The van der Waals surface area contributed by atoms with Crippen molar-refractivity contribution in [3.8, 4) is 5.75 Å². The average molecular weight is 366 g/mol. The molecule has 0 spiro atoms. The van der Waals surface area contributed by atoms with E-state index in [0.717, 1.165) is 30.6 Å². The molecule has 6 heteroatoms. The van der Waals surface area contributed by atoms with Gasteiger partial charge in [-0.05, 0) is 51.4 Å². The molecule has 136 valence electrons. The average Bonchev–Trinajstić information content (AvgIpc) is 2.55. The highest BCUT2D eigenvalue weighted by Gasteiger charge is 2.15. The Hall–Kier alpha value is -1.85. The molecule has 0 aliphatic carbocycles. The fourth-order valence-corrected chi connectivity index (χ4v) is 3.21. The van der Waals surface area contributed by atoms with E-state index in [9.17, 15) is 9.59 Å². The highest BCUT2D eigenvalue weighted by atomic mass is 35.5. The zero-order valence-corrected chi connectivity index (χ0v) is 15.5. The number of likely N-dealkylation sites (tertiary alicyclic amines) is 1. The number of halogens is 1. The van der Waals surface area contributed by atoms with Gasteiger partial charge in [-0.25, -0.2) is 4.79 Å². The molecule has 1 aliphatic heterocycles. The van der Waals surface area contributed by atoms with Crippen molar-refractivity contribution in [2.24, 2.45) is 0 Å². The van der Waals surface area contributed by atoms with Gasteiger partial charge in [0.25, 0.3) is 0 Å². The molecule has 3 rings (SSSR count). The molecule has 1 aromatic carbocycles. The topological polar surface area (TPSA) is 59.8 Å². The summed E-state index contributed by atoms with van der Waals surface area (Å²) in [5, 5.41) is 0.767. The lowest BCUT2D eigenvalue weighted by Gasteiger charge is -2.26. The molecule has 1 aliphatic rings. The van der Waals surface area contributed by atoms with Crippen LogP contribution in [0.3, 0.4) is 0 Å². The first-order valence-electron chi connectivity index (χ1n) is 8.49. The molecule has 0 bridgehead atoms. The number of ketones is 1. The number of aryl methyl sites for hydroxylation is 1. The molecule has 2 heterocycles. The first kappa shape index (κ1) is 19.5. The van der Waals surface area contributed by atoms with Crippen LogP contribution in [-0.4, -0.2) is 36.9 Å². The molecule has 0 radical (unpaired) electrons. The van der Waals surface area contributed by atoms with Gasteiger partial charge in [0.2, 0.25) is 0 Å². The Morgan fingerprint density at radius 1 is 1.20 bits per heavy atom. The lowest BCUT2D eigenvalue weighted by atomic mass is 10.0. The fraction of sp³-hybridized carbons (Fsp3) is 0.474. The minimum Gasteiger partial charge on any atom is -0.491 e. The van der Waals surface area contributed by atoms with Crippen LogP contribution < -0.4 is 10.4 Å². The number of ether oxygens (including phenoxy) is 1. The van der Waals surface area contributed by atoms with Crippen LogP contribution in [0.1, 0.15) is 42.1 Å². The predicted molar refractivity (Wildman–Crippen MR) is 100 cm³/mol. The molecular formula is C19H24ClNO4. The monoisotopic (exact) mass is 365 g/mol. The summed E-state index contributed by atoms with van der Waals surface area (Å²) in [5.41, 5.74) is 1.38. The Morgan fingerprint density at radius 3 is 2.60 bits per heavy atom. The summed E-state index contributed by atoms with van der Waals surface area (Å²) < 4.78 is 11.1. The molecule has 0 saturated carbocycles. The van der Waals surface area contributed by atoms with E-state index in [0.29, 0.717) is 23.5 Å². The van der Waals surface area contributed by atoms with Gasteiger partial charge in [-0.2, -0.15) is 0 Å². The minimum atomic E-state index is -0.394. The van der Waals surface area contributed by atoms with Crippen LogP contribution in [0.4, 0.5) is 0 Å². The van der Waals surface area contributed by atoms with Gasteiger partial charge in [-0.15, -0.1) is 12.4 Å². The Labute approximate surface area is 153 Å². The van der Waals surface area contributed by atoms with Gasteiger partial charge in [0.15, 0.2) is 5.78 Å². The van der Waals surface area contributed by atoms with Crippen LogP contribution in [0.2, 0.25) is 0 Å². The number of piperidine rings is 1. The van der Waals surface area contributed by atoms with Crippen molar-refractivity contribution in [1.82, 2.24) is 4.90 Å². The molecule has 0 atom stereocenters. The minimum absolute atomic E-state index is 0. The quantitative estimate of drug-likeness (QED) is 0.598. The number of nitrogens with zero attached hydrogens (tertiary/aromatic N) is 1. The van der Waals surface area contributed by atoms with Crippen molar-refractivity contribution >= 4 is 29.2 Å². The number of Topliss-reactive ketones (excluding diaryl/α,β-unsaturated/α-hetero) is 1. The zero-order valence-electron chi connectivity index (χ0n) is 14.7. The van der Waals surface area contributed by atoms with Gasteiger partial charge >= 0.3 is 5.63 Å². The van der Waals surface area contributed by atoms with E-state index in [-0.39, 0.29) is 18.2 Å². The first-order chi connectivity index (χ1) is 11.5. The van der Waals surface area contributed by atoms with Gasteiger partial charge in [-0.1, -0.05) is 6.42 Å². The zero-order chi connectivity index (χ0) is 17.1. The van der Waals surface area contributed by atoms with E-state index in [1.807, 2.05) is 6.92 Å². The number of hydrogen-bond donors (Lipinski definition) is 0. The summed E-state index contributed by atoms with van der Waals surface area (Å²) in [6.07, 6.45) is 3.77. The maximum atomic E-state index is 12.0. The Bertz CT molecular complexity index is 809. The van der Waals surface area contributed by atoms with Crippen molar-refractivity contribution in [3.05, 3.63) is 39.7 Å². The third-order valence-corrected chi connectivity index (χ3v) is 4.54. The van der Waals surface area contributed by atoms with E-state index in [4.69, 9.17) is 9.15 Å². The third-order valence-electron chi connectivity index (χ3n) is 4.54. The van der Waals surface area contributed by atoms with Gasteiger partial charge in [0.1, 0.15) is 17.9 Å². The normalized spacial score (nSPS) is 15.0. The van der Waals surface area contributed by atoms with Crippen molar-refractivity contribution < 1.29 is 13.9 Å². The van der Waals surface area contributed by atoms with Crippen molar-refractivity contribution in [1.29, 1.82) is 0 Å². The van der Waals surface area contributed by atoms with Crippen LogP contribution in [-0.2, 0) is 0 Å². The Kier molecular flexibility index (Phi) is 6.62. The Morgan fingerprint density at radius 2 is 1.92 bits per heavy atom. The van der Waals surface area contributed by atoms with E-state index in [2.05, 4.69) is 4.90 Å². The molecular weight excluding hydrogens is 342 g/mol. The number of rotatable bonds is 5. The third kappa shape index (κ3) is 4.61. The van der Waals surface area contributed by atoms with Gasteiger partial charge in [0.05, 0.1) is 5.56 Å². The van der Waals surface area contributed by atoms with Crippen molar-refractivity contribution in [2.75, 3.05) is 26.2 Å². The van der Waals surface area contributed by atoms with Crippen molar-refractivity contribution in [2.45, 2.75) is 33.1 Å². The number of carbonyl (C=O) groups excluding carboxylic acids is 1. The Balaban J connectivity index is 0.00000225. The van der Waals surface area contributed by atoms with E-state index < -0.39 is 5.63 Å². The molecule has 0 amide bonds. The lowest BCUT2D eigenvalue weighted by molar-refractivity contribution is 0.101. The highest BCUT2D eigenvalue weighted by Crippen LogP contribution is 2.27. The van der Waals surface area contributed by atoms with Gasteiger partial charge < -0.3 is 9.15 Å². The molecule has 25 heavy (non-hydrogen) atoms. The largest absolute Gasteiger partial charge is 0.491 e. The molecule has 1 saturated heterocycles. The molecule has 0 unspecified atom stereocenters. The van der Waals surface area contributed by atoms with Crippen LogP contribution in [0, 0.1) is 6.92 Å². The SMILES string of the molecule is CC(=O)c1cc2c(C)cc(=O)oc2cc1OCCN1CCCCC1.Cl. The lowest BCUT2D eigenvalue weighted by Crippen LogP contribution is -2.33. The number of hydrogen-bond acceptors (Lipinski definition) is 5. The smallest absolute Gasteiger partial charge is 0.336 e. The molecule has 1 aromatic heterocycles. The second kappa shape index (κ2) is 8.50. The summed E-state index contributed by atoms with van der Waals surface area (Å²) >= 11 is 0. The van der Waals surface area contributed by atoms with E-state index in [1.165, 1.54) is 32.3 Å². The fourth-order valence-electron chi connectivity index (χ4n) is 3.21. The van der Waals surface area contributed by atoms with Gasteiger partial charge in [0, 0.05) is 24.1 Å². The predicted octanol–water partition coefficient (Wildman–Crippen LogP) is 3.59. The maximum Gasteiger partial charge on any atom is 0.336 e. The summed E-state index contributed by atoms with van der Waals surface area (Å²) in [4.78, 5) is 25.9. The van der Waals surface area contributed by atoms with Crippen LogP contribution in [0.25, 0.3) is 11.0 Å². The second-order valence-corrected chi connectivity index (χ2v) is 6.40. The standard InChI is InChI=1S/C19H23NO4.ClH/c1-13-10-19(22)24-18-12-17(16(14(2)21)11-15(13)18)23-9-8-20-6-4-3-5-7-20;/h10-12H,3-9H2,1-2H3;1H. The first-order valence-corrected chi connectivity index (χ1v) is 8.49.